The Morgan fingerprint density at radius 3 is 2.53 bits per heavy atom. The fraction of sp³-hybridized carbons (Fsp3) is 0.700. The summed E-state index contributed by atoms with van der Waals surface area (Å²) < 4.78 is 1.63. The van der Waals surface area contributed by atoms with E-state index < -0.39 is 6.10 Å². The van der Waals surface area contributed by atoms with Crippen LogP contribution in [0, 0.1) is 6.92 Å². The second kappa shape index (κ2) is 4.96. The number of aryl methyl sites for hydroxylation is 2. The van der Waals surface area contributed by atoms with Gasteiger partial charge in [0, 0.05) is 25.6 Å². The van der Waals surface area contributed by atoms with E-state index >= 15 is 0 Å². The van der Waals surface area contributed by atoms with E-state index in [1.807, 2.05) is 25.9 Å². The van der Waals surface area contributed by atoms with Crippen LogP contribution >= 0.6 is 11.6 Å². The zero-order chi connectivity index (χ0) is 11.6. The molecule has 1 unspecified atom stereocenters. The highest BCUT2D eigenvalue weighted by Crippen LogP contribution is 2.20. The van der Waals surface area contributed by atoms with Crippen LogP contribution in [0.25, 0.3) is 0 Å². The minimum atomic E-state index is -0.402. The van der Waals surface area contributed by atoms with Gasteiger partial charge in [0.25, 0.3) is 0 Å². The molecule has 0 aliphatic carbocycles. The minimum Gasteiger partial charge on any atom is -0.391 e. The molecule has 86 valence electrons. The first kappa shape index (κ1) is 12.5. The van der Waals surface area contributed by atoms with Crippen LogP contribution in [-0.4, -0.2) is 46.5 Å². The number of hydrogen-bond donors (Lipinski definition) is 1. The van der Waals surface area contributed by atoms with E-state index in [2.05, 4.69) is 5.10 Å². The van der Waals surface area contributed by atoms with Crippen LogP contribution in [0.15, 0.2) is 0 Å². The van der Waals surface area contributed by atoms with Crippen molar-refractivity contribution in [2.24, 2.45) is 7.05 Å². The molecule has 0 amide bonds. The summed E-state index contributed by atoms with van der Waals surface area (Å²) in [5.74, 6) is 0. The zero-order valence-electron chi connectivity index (χ0n) is 9.66. The predicted octanol–water partition coefficient (Wildman–Crippen LogP) is 0.847. The molecule has 0 aliphatic rings. The van der Waals surface area contributed by atoms with Gasteiger partial charge in [-0.3, -0.25) is 4.68 Å². The lowest BCUT2D eigenvalue weighted by atomic mass is 10.1. The molecule has 0 aliphatic heterocycles. The number of halogens is 1. The summed E-state index contributed by atoms with van der Waals surface area (Å²) in [5.41, 5.74) is 1.83. The molecular formula is C10H18ClN3O. The molecule has 0 radical (unpaired) electrons. The van der Waals surface area contributed by atoms with Crippen LogP contribution in [0.1, 0.15) is 11.3 Å². The van der Waals surface area contributed by atoms with Crippen LogP contribution in [0.4, 0.5) is 0 Å². The van der Waals surface area contributed by atoms with E-state index in [0.29, 0.717) is 18.1 Å². The normalized spacial score (nSPS) is 13.5. The van der Waals surface area contributed by atoms with Crippen molar-refractivity contribution in [3.63, 3.8) is 0 Å². The van der Waals surface area contributed by atoms with Crippen LogP contribution in [-0.2, 0) is 13.5 Å². The number of likely N-dealkylation sites (N-methyl/N-ethyl adjacent to an activating group) is 1. The Hall–Kier alpha value is -0.580. The van der Waals surface area contributed by atoms with Gasteiger partial charge in [0.1, 0.15) is 5.15 Å². The van der Waals surface area contributed by atoms with Gasteiger partial charge in [-0.2, -0.15) is 5.10 Å². The molecule has 0 spiro atoms. The van der Waals surface area contributed by atoms with E-state index in [9.17, 15) is 5.11 Å². The van der Waals surface area contributed by atoms with Gasteiger partial charge < -0.3 is 10.0 Å². The molecule has 0 saturated heterocycles. The molecule has 0 fully saturated rings. The third kappa shape index (κ3) is 3.19. The van der Waals surface area contributed by atoms with Gasteiger partial charge in [0.05, 0.1) is 11.8 Å². The first-order valence-electron chi connectivity index (χ1n) is 4.92. The highest BCUT2D eigenvalue weighted by atomic mass is 35.5. The number of hydrogen-bond acceptors (Lipinski definition) is 3. The number of aromatic nitrogens is 2. The predicted molar refractivity (Wildman–Crippen MR) is 61.2 cm³/mol. The number of rotatable bonds is 4. The summed E-state index contributed by atoms with van der Waals surface area (Å²) >= 11 is 6.07. The average molecular weight is 232 g/mol. The van der Waals surface area contributed by atoms with Gasteiger partial charge in [0.2, 0.25) is 0 Å². The molecule has 0 bridgehead atoms. The zero-order valence-corrected chi connectivity index (χ0v) is 10.4. The Labute approximate surface area is 95.5 Å². The SMILES string of the molecule is Cc1nn(C)c(Cl)c1CC(O)CN(C)C. The van der Waals surface area contributed by atoms with Crippen LogP contribution < -0.4 is 0 Å². The topological polar surface area (TPSA) is 41.3 Å². The van der Waals surface area contributed by atoms with Crippen molar-refractivity contribution in [2.45, 2.75) is 19.4 Å². The van der Waals surface area contributed by atoms with Crippen LogP contribution in [0.2, 0.25) is 5.15 Å². The van der Waals surface area contributed by atoms with Gasteiger partial charge in [-0.1, -0.05) is 11.6 Å². The van der Waals surface area contributed by atoms with E-state index in [1.165, 1.54) is 0 Å². The lowest BCUT2D eigenvalue weighted by Gasteiger charge is -2.15. The van der Waals surface area contributed by atoms with E-state index in [0.717, 1.165) is 11.3 Å². The highest BCUT2D eigenvalue weighted by molar-refractivity contribution is 6.30. The summed E-state index contributed by atoms with van der Waals surface area (Å²) in [7, 11) is 5.67. The Morgan fingerprint density at radius 1 is 1.53 bits per heavy atom. The second-order valence-corrected chi connectivity index (χ2v) is 4.46. The summed E-state index contributed by atoms with van der Waals surface area (Å²) in [4.78, 5) is 1.95. The fourth-order valence-electron chi connectivity index (χ4n) is 1.63. The molecule has 0 aromatic carbocycles. The third-order valence-electron chi connectivity index (χ3n) is 2.29. The van der Waals surface area contributed by atoms with Crippen LogP contribution in [0.5, 0.6) is 0 Å². The van der Waals surface area contributed by atoms with Gasteiger partial charge in [0.15, 0.2) is 0 Å². The molecule has 5 heteroatoms. The number of nitrogens with zero attached hydrogens (tertiary/aromatic N) is 3. The minimum absolute atomic E-state index is 0.402. The monoisotopic (exact) mass is 231 g/mol. The molecule has 1 aromatic rings. The molecular weight excluding hydrogens is 214 g/mol. The smallest absolute Gasteiger partial charge is 0.130 e. The van der Waals surface area contributed by atoms with Gasteiger partial charge >= 0.3 is 0 Å². The lowest BCUT2D eigenvalue weighted by Crippen LogP contribution is -2.27. The second-order valence-electron chi connectivity index (χ2n) is 4.10. The van der Waals surface area contributed by atoms with E-state index in [-0.39, 0.29) is 0 Å². The van der Waals surface area contributed by atoms with Crippen molar-refractivity contribution in [1.82, 2.24) is 14.7 Å². The lowest BCUT2D eigenvalue weighted by molar-refractivity contribution is 0.137. The van der Waals surface area contributed by atoms with Crippen molar-refractivity contribution in [1.29, 1.82) is 0 Å². The first-order valence-corrected chi connectivity index (χ1v) is 5.30. The Balaban J connectivity index is 2.71. The molecule has 0 saturated carbocycles. The summed E-state index contributed by atoms with van der Waals surface area (Å²) in [6.45, 7) is 2.54. The van der Waals surface area contributed by atoms with Crippen LogP contribution in [0.3, 0.4) is 0 Å². The van der Waals surface area contributed by atoms with Gasteiger partial charge in [-0.25, -0.2) is 0 Å². The summed E-state index contributed by atoms with van der Waals surface area (Å²) in [5, 5.41) is 14.6. The van der Waals surface area contributed by atoms with Crippen molar-refractivity contribution < 1.29 is 5.11 Å². The van der Waals surface area contributed by atoms with Crippen molar-refractivity contribution >= 4 is 11.6 Å². The molecule has 1 N–H and O–H groups in total. The molecule has 15 heavy (non-hydrogen) atoms. The number of aliphatic hydroxyl groups is 1. The fourth-order valence-corrected chi connectivity index (χ4v) is 1.88. The van der Waals surface area contributed by atoms with Crippen molar-refractivity contribution in [2.75, 3.05) is 20.6 Å². The average Bonchev–Trinajstić information content (AvgIpc) is 2.31. The quantitative estimate of drug-likeness (QED) is 0.835. The molecule has 1 aromatic heterocycles. The summed E-state index contributed by atoms with van der Waals surface area (Å²) in [6.07, 6.45) is 0.150. The Kier molecular flexibility index (Phi) is 4.13. The highest BCUT2D eigenvalue weighted by Gasteiger charge is 2.15. The number of aliphatic hydroxyl groups excluding tert-OH is 1. The maximum Gasteiger partial charge on any atom is 0.130 e. The summed E-state index contributed by atoms with van der Waals surface area (Å²) in [6, 6.07) is 0. The van der Waals surface area contributed by atoms with Gasteiger partial charge in [-0.15, -0.1) is 0 Å². The Bertz CT molecular complexity index is 336. The Morgan fingerprint density at radius 2 is 2.13 bits per heavy atom. The van der Waals surface area contributed by atoms with Crippen molar-refractivity contribution in [3.8, 4) is 0 Å². The van der Waals surface area contributed by atoms with Gasteiger partial charge in [-0.05, 0) is 21.0 Å². The third-order valence-corrected chi connectivity index (χ3v) is 2.76. The van der Waals surface area contributed by atoms with E-state index in [1.54, 1.807) is 11.7 Å². The maximum atomic E-state index is 9.79. The van der Waals surface area contributed by atoms with E-state index in [4.69, 9.17) is 11.6 Å². The van der Waals surface area contributed by atoms with Crippen molar-refractivity contribution in [3.05, 3.63) is 16.4 Å². The molecule has 1 heterocycles. The standard InChI is InChI=1S/C10H18ClN3O/c1-7-9(10(11)14(4)12-7)5-8(15)6-13(2)3/h8,15H,5-6H2,1-4H3. The maximum absolute atomic E-state index is 9.79. The molecule has 4 nitrogen and oxygen atoms in total. The first-order chi connectivity index (χ1) is 6.91. The molecule has 1 rings (SSSR count). The molecule has 1 atom stereocenters. The largest absolute Gasteiger partial charge is 0.391 e.